The lowest BCUT2D eigenvalue weighted by Crippen LogP contribution is -2.66. The summed E-state index contributed by atoms with van der Waals surface area (Å²) in [5.41, 5.74) is -0.618. The Morgan fingerprint density at radius 1 is 0.971 bits per heavy atom. The molecule has 0 saturated heterocycles. The zero-order valence-electron chi connectivity index (χ0n) is 20.7. The first-order chi connectivity index (χ1) is 15.9. The zero-order valence-corrected chi connectivity index (χ0v) is 20.7. The Kier molecular flexibility index (Phi) is 7.10. The molecule has 4 rings (SSSR count). The Bertz CT molecular complexity index is 791. The first kappa shape index (κ1) is 25.9. The van der Waals surface area contributed by atoms with Crippen LogP contribution in [0.2, 0.25) is 0 Å². The molecule has 0 aromatic rings. The van der Waals surface area contributed by atoms with Gasteiger partial charge in [-0.15, -0.1) is 0 Å². The van der Waals surface area contributed by atoms with E-state index in [1.165, 1.54) is 0 Å². The Balaban J connectivity index is 1.52. The predicted octanol–water partition coefficient (Wildman–Crippen LogP) is 1.54. The molecule has 0 bridgehead atoms. The average Bonchev–Trinajstić information content (AvgIpc) is 3.14. The number of amides is 1. The smallest absolute Gasteiger partial charge is 0.322 e. The van der Waals surface area contributed by atoms with Gasteiger partial charge in [0.25, 0.3) is 0 Å². The highest BCUT2D eigenvalue weighted by Crippen LogP contribution is 2.68. The number of aliphatic carboxylic acids is 1. The minimum atomic E-state index is -1.07. The van der Waals surface area contributed by atoms with Crippen molar-refractivity contribution in [3.8, 4) is 0 Å². The summed E-state index contributed by atoms with van der Waals surface area (Å²) in [5.74, 6) is -1.05. The van der Waals surface area contributed by atoms with E-state index in [-0.39, 0.29) is 59.8 Å². The fraction of sp³-hybridized carbons (Fsp3) is 0.923. The number of hydrogen-bond acceptors (Lipinski definition) is 6. The third kappa shape index (κ3) is 4.08. The van der Waals surface area contributed by atoms with Crippen molar-refractivity contribution in [1.82, 2.24) is 5.32 Å². The van der Waals surface area contributed by atoms with Crippen molar-refractivity contribution in [1.29, 1.82) is 0 Å². The van der Waals surface area contributed by atoms with Crippen molar-refractivity contribution in [2.75, 3.05) is 6.54 Å². The molecule has 4 fully saturated rings. The summed E-state index contributed by atoms with van der Waals surface area (Å²) >= 11 is 0. The zero-order chi connectivity index (χ0) is 25.0. The van der Waals surface area contributed by atoms with Gasteiger partial charge in [-0.2, -0.15) is 0 Å². The van der Waals surface area contributed by atoms with E-state index in [4.69, 9.17) is 5.11 Å². The highest BCUT2D eigenvalue weighted by molar-refractivity contribution is 5.81. The molecule has 34 heavy (non-hydrogen) atoms. The van der Waals surface area contributed by atoms with E-state index in [2.05, 4.69) is 26.1 Å². The molecule has 12 atom stereocenters. The number of aliphatic hydroxyl groups is 4. The SMILES string of the molecule is C[C@H](CCC(=O)NCC(=O)O)[C@H]1CC[C@H]2[C@@H]3[C@@H](O)[C@@H](O)[C@@H]4C[C@H](O)CC[C@]4(C)[C@H]3C[C@@H](O)[C@]12C. The second-order valence-corrected chi connectivity index (χ2v) is 12.3. The van der Waals surface area contributed by atoms with E-state index in [9.17, 15) is 30.0 Å². The van der Waals surface area contributed by atoms with Crippen LogP contribution in [0.15, 0.2) is 0 Å². The number of rotatable bonds is 6. The first-order valence-electron chi connectivity index (χ1n) is 13.1. The topological polar surface area (TPSA) is 147 Å². The van der Waals surface area contributed by atoms with Crippen LogP contribution in [0.3, 0.4) is 0 Å². The number of carboxylic acids is 1. The molecule has 4 aliphatic carbocycles. The van der Waals surface area contributed by atoms with Gasteiger partial charge in [-0.05, 0) is 91.3 Å². The molecule has 6 N–H and O–H groups in total. The molecule has 1 amide bonds. The number of nitrogens with one attached hydrogen (secondary N) is 1. The monoisotopic (exact) mass is 481 g/mol. The van der Waals surface area contributed by atoms with Gasteiger partial charge in [-0.3, -0.25) is 9.59 Å². The largest absolute Gasteiger partial charge is 0.480 e. The molecule has 0 aliphatic heterocycles. The summed E-state index contributed by atoms with van der Waals surface area (Å²) in [6.07, 6.45) is 2.53. The molecule has 0 spiro atoms. The minimum Gasteiger partial charge on any atom is -0.480 e. The van der Waals surface area contributed by atoms with Gasteiger partial charge >= 0.3 is 5.97 Å². The molecule has 0 unspecified atom stereocenters. The fourth-order valence-electron chi connectivity index (χ4n) is 8.99. The molecular weight excluding hydrogens is 438 g/mol. The van der Waals surface area contributed by atoms with Crippen LogP contribution in [-0.2, 0) is 9.59 Å². The van der Waals surface area contributed by atoms with Crippen LogP contribution < -0.4 is 5.32 Å². The maximum absolute atomic E-state index is 12.1. The fourth-order valence-corrected chi connectivity index (χ4v) is 8.99. The standard InChI is InChI=1S/C26H43NO7/c1-13(4-7-20(30)27-12-21(31)32)15-5-6-16-22-17(11-19(29)26(15,16)3)25(2)9-8-14(28)10-18(25)23(33)24(22)34/h13-19,22-24,28-29,33-34H,4-12H2,1-3H3,(H,27,30)(H,31,32)/t13-,14-,15-,16+,17+,18+,19-,22+,23+,24-,25-,26-/m1/s1. The van der Waals surface area contributed by atoms with E-state index >= 15 is 0 Å². The van der Waals surface area contributed by atoms with Gasteiger partial charge in [0.15, 0.2) is 0 Å². The molecule has 8 nitrogen and oxygen atoms in total. The molecule has 0 heterocycles. The number of aliphatic hydroxyl groups excluding tert-OH is 4. The van der Waals surface area contributed by atoms with E-state index < -0.39 is 35.8 Å². The highest BCUT2D eigenvalue weighted by atomic mass is 16.4. The molecule has 4 aliphatic rings. The predicted molar refractivity (Wildman–Crippen MR) is 124 cm³/mol. The van der Waals surface area contributed by atoms with Crippen molar-refractivity contribution in [3.63, 3.8) is 0 Å². The number of carbonyl (C=O) groups excluding carboxylic acids is 1. The summed E-state index contributed by atoms with van der Waals surface area (Å²) in [5, 5.41) is 55.5. The van der Waals surface area contributed by atoms with Gasteiger partial charge in [0.05, 0.1) is 24.4 Å². The molecule has 4 saturated carbocycles. The quantitative estimate of drug-likeness (QED) is 0.337. The lowest BCUT2D eigenvalue weighted by Gasteiger charge is -2.64. The maximum atomic E-state index is 12.1. The van der Waals surface area contributed by atoms with Gasteiger partial charge in [0.2, 0.25) is 5.91 Å². The van der Waals surface area contributed by atoms with Gasteiger partial charge in [-0.25, -0.2) is 0 Å². The van der Waals surface area contributed by atoms with E-state index in [1.54, 1.807) is 0 Å². The van der Waals surface area contributed by atoms with Crippen LogP contribution in [0.4, 0.5) is 0 Å². The van der Waals surface area contributed by atoms with Gasteiger partial charge in [0.1, 0.15) is 6.54 Å². The second-order valence-electron chi connectivity index (χ2n) is 12.3. The van der Waals surface area contributed by atoms with Crippen LogP contribution >= 0.6 is 0 Å². The summed E-state index contributed by atoms with van der Waals surface area (Å²) in [4.78, 5) is 22.7. The lowest BCUT2D eigenvalue weighted by atomic mass is 9.42. The lowest BCUT2D eigenvalue weighted by molar-refractivity contribution is -0.243. The number of carboxylic acid groups (broad SMARTS) is 1. The number of fused-ring (bicyclic) bond motifs is 5. The van der Waals surface area contributed by atoms with Crippen LogP contribution in [0.25, 0.3) is 0 Å². The molecular formula is C26H43NO7. The normalized spacial score (nSPS) is 48.9. The molecule has 0 aromatic carbocycles. The summed E-state index contributed by atoms with van der Waals surface area (Å²) < 4.78 is 0. The molecule has 0 radical (unpaired) electrons. The van der Waals surface area contributed by atoms with Crippen molar-refractivity contribution in [2.24, 2.45) is 46.3 Å². The summed E-state index contributed by atoms with van der Waals surface area (Å²) in [6, 6.07) is 0. The third-order valence-electron chi connectivity index (χ3n) is 10.9. The van der Waals surface area contributed by atoms with E-state index in [0.717, 1.165) is 19.3 Å². The van der Waals surface area contributed by atoms with Gasteiger partial charge < -0.3 is 30.8 Å². The first-order valence-corrected chi connectivity index (χ1v) is 13.1. The van der Waals surface area contributed by atoms with Gasteiger partial charge in [0, 0.05) is 6.42 Å². The Morgan fingerprint density at radius 2 is 1.68 bits per heavy atom. The van der Waals surface area contributed by atoms with Crippen LogP contribution in [-0.4, -0.2) is 68.4 Å². The number of carbonyl (C=O) groups is 2. The van der Waals surface area contributed by atoms with Crippen LogP contribution in [0, 0.1) is 46.3 Å². The Hall–Kier alpha value is -1.22. The van der Waals surface area contributed by atoms with E-state index in [1.807, 2.05) is 0 Å². The summed E-state index contributed by atoms with van der Waals surface area (Å²) in [6.45, 7) is 6.05. The molecule has 8 heteroatoms. The second kappa shape index (κ2) is 9.34. The van der Waals surface area contributed by atoms with E-state index in [0.29, 0.717) is 25.7 Å². The molecule has 0 aromatic heterocycles. The summed E-state index contributed by atoms with van der Waals surface area (Å²) in [7, 11) is 0. The van der Waals surface area contributed by atoms with Crippen LogP contribution in [0.1, 0.15) is 72.1 Å². The average molecular weight is 482 g/mol. The van der Waals surface area contributed by atoms with Crippen molar-refractivity contribution in [2.45, 2.75) is 96.6 Å². The maximum Gasteiger partial charge on any atom is 0.322 e. The molecule has 194 valence electrons. The highest BCUT2D eigenvalue weighted by Gasteiger charge is 2.67. The van der Waals surface area contributed by atoms with Gasteiger partial charge in [-0.1, -0.05) is 20.8 Å². The number of hydrogen-bond donors (Lipinski definition) is 6. The third-order valence-corrected chi connectivity index (χ3v) is 10.9. The minimum absolute atomic E-state index is 0.0869. The Morgan fingerprint density at radius 3 is 2.35 bits per heavy atom. The van der Waals surface area contributed by atoms with Crippen molar-refractivity contribution < 1.29 is 35.1 Å². The van der Waals surface area contributed by atoms with Crippen LogP contribution in [0.5, 0.6) is 0 Å². The van der Waals surface area contributed by atoms with Crippen molar-refractivity contribution >= 4 is 11.9 Å². The Labute approximate surface area is 202 Å². The van der Waals surface area contributed by atoms with Crippen molar-refractivity contribution in [3.05, 3.63) is 0 Å².